The molecule has 3 aliphatic rings. The predicted octanol–water partition coefficient (Wildman–Crippen LogP) is 3.39. The highest BCUT2D eigenvalue weighted by Gasteiger charge is 2.39. The van der Waals surface area contributed by atoms with Crippen molar-refractivity contribution in [1.29, 1.82) is 0 Å². The number of nitrogens with two attached hydrogens (primary N) is 1. The Balaban J connectivity index is 1.10. The van der Waals surface area contributed by atoms with Crippen molar-refractivity contribution in [2.45, 2.75) is 62.8 Å². The van der Waals surface area contributed by atoms with E-state index in [1.807, 2.05) is 0 Å². The quantitative estimate of drug-likeness (QED) is 0.641. The van der Waals surface area contributed by atoms with Crippen molar-refractivity contribution in [3.8, 4) is 5.75 Å². The van der Waals surface area contributed by atoms with Gasteiger partial charge in [-0.3, -0.25) is 0 Å². The molecule has 5 nitrogen and oxygen atoms in total. The first-order valence-corrected chi connectivity index (χ1v) is 12.0. The largest absolute Gasteiger partial charge is 0.489 e. The molecule has 1 aliphatic heterocycles. The third-order valence-corrected chi connectivity index (χ3v) is 7.12. The summed E-state index contributed by atoms with van der Waals surface area (Å²) in [5, 5.41) is 7.27. The van der Waals surface area contributed by atoms with Crippen LogP contribution in [0.4, 0.5) is 5.69 Å². The molecule has 1 saturated heterocycles. The molecule has 5 rings (SSSR count). The molecule has 4 N–H and O–H groups in total. The van der Waals surface area contributed by atoms with Crippen LogP contribution in [0.25, 0.3) is 0 Å². The minimum absolute atomic E-state index is 0.421. The molecule has 0 spiro atoms. The van der Waals surface area contributed by atoms with Crippen molar-refractivity contribution in [2.24, 2.45) is 5.73 Å². The van der Waals surface area contributed by atoms with Crippen molar-refractivity contribution >= 4 is 5.69 Å². The highest BCUT2D eigenvalue weighted by atomic mass is 16.5. The number of hydrogen-bond acceptors (Lipinski definition) is 5. The lowest BCUT2D eigenvalue weighted by Crippen LogP contribution is -2.43. The number of nitrogens with zero attached hydrogens (tertiary/aromatic N) is 1. The molecule has 1 heterocycles. The normalized spacial score (nSPS) is 28.4. The topological polar surface area (TPSA) is 62.6 Å². The zero-order chi connectivity index (χ0) is 21.0. The van der Waals surface area contributed by atoms with Crippen LogP contribution in [0.2, 0.25) is 0 Å². The van der Waals surface area contributed by atoms with E-state index in [1.54, 1.807) is 0 Å². The zero-order valence-corrected chi connectivity index (χ0v) is 18.4. The monoisotopic (exact) mass is 420 g/mol. The van der Waals surface area contributed by atoms with Gasteiger partial charge in [-0.1, -0.05) is 24.3 Å². The van der Waals surface area contributed by atoms with E-state index >= 15 is 0 Å². The van der Waals surface area contributed by atoms with Gasteiger partial charge in [0, 0.05) is 55.9 Å². The molecule has 166 valence electrons. The van der Waals surface area contributed by atoms with E-state index < -0.39 is 0 Å². The SMILES string of the molecule is N[C@H]1CC[C@H](NC2CC2c2ccc(OCc3cccc(N4CCNCC4)c3)cc2)CC1. The summed E-state index contributed by atoms with van der Waals surface area (Å²) < 4.78 is 6.09. The summed E-state index contributed by atoms with van der Waals surface area (Å²) in [6, 6.07) is 19.2. The molecule has 3 fully saturated rings. The number of anilines is 1. The van der Waals surface area contributed by atoms with Gasteiger partial charge >= 0.3 is 0 Å². The fourth-order valence-electron chi connectivity index (χ4n) is 5.08. The minimum Gasteiger partial charge on any atom is -0.489 e. The number of hydrogen-bond donors (Lipinski definition) is 3. The number of nitrogens with one attached hydrogen (secondary N) is 2. The number of piperazine rings is 1. The van der Waals surface area contributed by atoms with E-state index in [4.69, 9.17) is 10.5 Å². The maximum atomic E-state index is 6.09. The van der Waals surface area contributed by atoms with Gasteiger partial charge in [0.25, 0.3) is 0 Å². The molecule has 2 atom stereocenters. The van der Waals surface area contributed by atoms with E-state index in [-0.39, 0.29) is 0 Å². The van der Waals surface area contributed by atoms with Crippen LogP contribution in [0.1, 0.15) is 49.1 Å². The molecule has 0 amide bonds. The van der Waals surface area contributed by atoms with E-state index in [9.17, 15) is 0 Å². The van der Waals surface area contributed by atoms with Gasteiger partial charge < -0.3 is 26.0 Å². The highest BCUT2D eigenvalue weighted by molar-refractivity contribution is 5.49. The van der Waals surface area contributed by atoms with Gasteiger partial charge in [0.15, 0.2) is 0 Å². The Kier molecular flexibility index (Phi) is 6.44. The first kappa shape index (κ1) is 20.8. The fraction of sp³-hybridized carbons (Fsp3) is 0.538. The average Bonchev–Trinajstić information content (AvgIpc) is 3.59. The highest BCUT2D eigenvalue weighted by Crippen LogP contribution is 2.42. The molecule has 2 aliphatic carbocycles. The lowest BCUT2D eigenvalue weighted by Gasteiger charge is -2.29. The summed E-state index contributed by atoms with van der Waals surface area (Å²) in [4.78, 5) is 2.44. The molecule has 2 unspecified atom stereocenters. The Morgan fingerprint density at radius 1 is 1.00 bits per heavy atom. The molecule has 0 aromatic heterocycles. The summed E-state index contributed by atoms with van der Waals surface area (Å²) in [6.07, 6.45) is 6.04. The minimum atomic E-state index is 0.421. The third-order valence-electron chi connectivity index (χ3n) is 7.12. The van der Waals surface area contributed by atoms with E-state index in [1.165, 1.54) is 48.9 Å². The van der Waals surface area contributed by atoms with Crippen molar-refractivity contribution < 1.29 is 4.74 Å². The van der Waals surface area contributed by atoms with E-state index in [2.05, 4.69) is 64.1 Å². The Labute approximate surface area is 186 Å². The summed E-state index contributed by atoms with van der Waals surface area (Å²) >= 11 is 0. The molecule has 2 aromatic carbocycles. The second-order valence-electron chi connectivity index (χ2n) is 9.49. The lowest BCUT2D eigenvalue weighted by molar-refractivity contribution is 0.306. The Morgan fingerprint density at radius 3 is 2.55 bits per heavy atom. The lowest BCUT2D eigenvalue weighted by atomic mass is 9.92. The molecular formula is C26H36N4O. The maximum Gasteiger partial charge on any atom is 0.119 e. The van der Waals surface area contributed by atoms with Crippen molar-refractivity contribution in [3.63, 3.8) is 0 Å². The molecule has 2 saturated carbocycles. The second-order valence-corrected chi connectivity index (χ2v) is 9.49. The Morgan fingerprint density at radius 2 is 1.77 bits per heavy atom. The number of ether oxygens (including phenoxy) is 1. The van der Waals surface area contributed by atoms with Crippen LogP contribution in [0.15, 0.2) is 48.5 Å². The van der Waals surface area contributed by atoms with Crippen molar-refractivity contribution in [3.05, 3.63) is 59.7 Å². The number of rotatable bonds is 7. The Bertz CT molecular complexity index is 841. The van der Waals surface area contributed by atoms with Crippen molar-refractivity contribution in [2.75, 3.05) is 31.1 Å². The predicted molar refractivity (Wildman–Crippen MR) is 127 cm³/mol. The van der Waals surface area contributed by atoms with Gasteiger partial charge in [-0.2, -0.15) is 0 Å². The fourth-order valence-corrected chi connectivity index (χ4v) is 5.08. The van der Waals surface area contributed by atoms with Crippen LogP contribution in [-0.2, 0) is 6.61 Å². The van der Waals surface area contributed by atoms with Gasteiger partial charge in [-0.25, -0.2) is 0 Å². The summed E-state index contributed by atoms with van der Waals surface area (Å²) in [6.45, 7) is 4.85. The third kappa shape index (κ3) is 5.40. The van der Waals surface area contributed by atoms with Crippen molar-refractivity contribution in [1.82, 2.24) is 10.6 Å². The summed E-state index contributed by atoms with van der Waals surface area (Å²) in [5.41, 5.74) is 9.98. The summed E-state index contributed by atoms with van der Waals surface area (Å²) in [5.74, 6) is 1.60. The van der Waals surface area contributed by atoms with E-state index in [0.717, 1.165) is 31.9 Å². The van der Waals surface area contributed by atoms with Gasteiger partial charge in [-0.05, 0) is 67.5 Å². The van der Waals surface area contributed by atoms with Gasteiger partial charge in [-0.15, -0.1) is 0 Å². The first-order chi connectivity index (χ1) is 15.2. The second kappa shape index (κ2) is 9.60. The average molecular weight is 421 g/mol. The molecule has 2 aromatic rings. The molecule has 5 heteroatoms. The summed E-state index contributed by atoms with van der Waals surface area (Å²) in [7, 11) is 0. The molecule has 0 radical (unpaired) electrons. The molecule has 31 heavy (non-hydrogen) atoms. The zero-order valence-electron chi connectivity index (χ0n) is 18.4. The standard InChI is InChI=1S/C26H36N4O/c27-21-6-8-22(9-7-21)29-26-17-25(26)20-4-10-24(11-5-20)31-18-19-2-1-3-23(16-19)30-14-12-28-13-15-30/h1-5,10-11,16,21-22,25-26,28-29H,6-9,12-15,17-18,27H2/t21-,22-,25?,26?. The Hall–Kier alpha value is -2.08. The first-order valence-electron chi connectivity index (χ1n) is 12.0. The van der Waals surface area contributed by atoms with Crippen LogP contribution in [0.5, 0.6) is 5.75 Å². The number of benzene rings is 2. The smallest absolute Gasteiger partial charge is 0.119 e. The van der Waals surface area contributed by atoms with Gasteiger partial charge in [0.2, 0.25) is 0 Å². The van der Waals surface area contributed by atoms with Crippen LogP contribution < -0.4 is 26.0 Å². The van der Waals surface area contributed by atoms with Crippen LogP contribution >= 0.6 is 0 Å². The molecular weight excluding hydrogens is 384 g/mol. The molecule has 0 bridgehead atoms. The van der Waals surface area contributed by atoms with Gasteiger partial charge in [0.1, 0.15) is 12.4 Å². The van der Waals surface area contributed by atoms with Gasteiger partial charge in [0.05, 0.1) is 0 Å². The van der Waals surface area contributed by atoms with Crippen LogP contribution in [0.3, 0.4) is 0 Å². The van der Waals surface area contributed by atoms with Crippen LogP contribution in [-0.4, -0.2) is 44.3 Å². The van der Waals surface area contributed by atoms with Crippen LogP contribution in [0, 0.1) is 0 Å². The van der Waals surface area contributed by atoms with E-state index in [0.29, 0.717) is 30.7 Å². The maximum absolute atomic E-state index is 6.09.